The van der Waals surface area contributed by atoms with Crippen LogP contribution in [0.15, 0.2) is 29.0 Å². The number of likely N-dealkylation sites (tertiary alicyclic amines) is 1. The molecule has 1 spiro atoms. The predicted molar refractivity (Wildman–Crippen MR) is 200 cm³/mol. The number of hydrogen-bond acceptors (Lipinski definition) is 11. The molecular formula is C38H54N8O9. The van der Waals surface area contributed by atoms with Gasteiger partial charge in [0.2, 0.25) is 11.8 Å². The average Bonchev–Trinajstić information content (AvgIpc) is 3.51. The first-order chi connectivity index (χ1) is 26.4. The largest absolute Gasteiger partial charge is 0.493 e. The Morgan fingerprint density at radius 1 is 1.11 bits per heavy atom. The molecule has 0 radical (unpaired) electrons. The summed E-state index contributed by atoms with van der Waals surface area (Å²) in [7, 11) is 3.80. The molecule has 2 fully saturated rings. The molecule has 300 valence electrons. The molecule has 2 aliphatic carbocycles. The lowest BCUT2D eigenvalue weighted by molar-refractivity contribution is -0.130. The fourth-order valence-corrected chi connectivity index (χ4v) is 9.18. The highest BCUT2D eigenvalue weighted by Gasteiger charge is 2.65. The van der Waals surface area contributed by atoms with Gasteiger partial charge in [0.1, 0.15) is 5.76 Å². The molecule has 3 heterocycles. The quantitative estimate of drug-likeness (QED) is 0.119. The lowest BCUT2D eigenvalue weighted by Crippen LogP contribution is -2.64. The molecule has 1 aromatic rings. The van der Waals surface area contributed by atoms with Crippen molar-refractivity contribution in [3.8, 4) is 11.5 Å². The van der Waals surface area contributed by atoms with Gasteiger partial charge in [-0.1, -0.05) is 6.07 Å². The number of carbonyl (C=O) groups is 5. The van der Waals surface area contributed by atoms with E-state index < -0.39 is 36.2 Å². The van der Waals surface area contributed by atoms with Crippen molar-refractivity contribution in [2.24, 2.45) is 28.3 Å². The Morgan fingerprint density at radius 3 is 2.64 bits per heavy atom. The molecule has 0 saturated carbocycles. The van der Waals surface area contributed by atoms with Gasteiger partial charge in [-0.15, -0.1) is 0 Å². The van der Waals surface area contributed by atoms with Crippen LogP contribution in [0.25, 0.3) is 0 Å². The standard InChI is InChI=1S/C38H54N8O9/c1-5-53-36(50)45-15-16-46(25(21-45)19-43-34(49)24(7-6-13-41-35(39)40)17-26(48)20-42-22(2)47)37(51)54-30-11-9-27-28-18-23-8-10-29(52-4)32-31(23)38(27,33(30)55-32)12-14-44(28)3/h8,10-11,24-25,27-28,33H,5-7,9,12-21H2,1-4H3,(H,42,47)(H,43,49)(H4,39,40,41)/t24-,25?,27?,28-,33?,38+/m1/s1. The third-order valence-corrected chi connectivity index (χ3v) is 11.8. The molecule has 2 bridgehead atoms. The highest BCUT2D eigenvalue weighted by molar-refractivity contribution is 5.89. The van der Waals surface area contributed by atoms with E-state index >= 15 is 0 Å². The summed E-state index contributed by atoms with van der Waals surface area (Å²) in [5, 5.41) is 5.39. The number of benzene rings is 1. The van der Waals surface area contributed by atoms with Crippen LogP contribution in [0, 0.1) is 11.8 Å². The maximum atomic E-state index is 14.2. The number of likely N-dealkylation sites (N-methyl/N-ethyl adjacent to an activating group) is 1. The van der Waals surface area contributed by atoms with E-state index in [1.165, 1.54) is 27.9 Å². The van der Waals surface area contributed by atoms with Crippen LogP contribution in [0.1, 0.15) is 57.1 Å². The first-order valence-corrected chi connectivity index (χ1v) is 19.1. The Bertz CT molecular complexity index is 1730. The fourth-order valence-electron chi connectivity index (χ4n) is 9.18. The molecule has 17 heteroatoms. The van der Waals surface area contributed by atoms with Crippen molar-refractivity contribution in [1.82, 2.24) is 25.3 Å². The molecule has 17 nitrogen and oxygen atoms in total. The summed E-state index contributed by atoms with van der Waals surface area (Å²) in [6.07, 6.45) is 3.39. The number of allylic oxidation sites excluding steroid dienone is 1. The highest BCUT2D eigenvalue weighted by atomic mass is 16.6. The summed E-state index contributed by atoms with van der Waals surface area (Å²) in [5.41, 5.74) is 12.9. The molecule has 5 aliphatic rings. The summed E-state index contributed by atoms with van der Waals surface area (Å²) in [6.45, 7) is 4.53. The molecule has 4 amide bonds. The van der Waals surface area contributed by atoms with Gasteiger partial charge in [-0.3, -0.25) is 24.3 Å². The number of nitrogens with one attached hydrogen (secondary N) is 2. The summed E-state index contributed by atoms with van der Waals surface area (Å²) in [5.74, 6) is 0.170. The van der Waals surface area contributed by atoms with Crippen LogP contribution in [-0.4, -0.2) is 135 Å². The van der Waals surface area contributed by atoms with E-state index in [0.29, 0.717) is 36.1 Å². The monoisotopic (exact) mass is 766 g/mol. The topological polar surface area (TPSA) is 220 Å². The van der Waals surface area contributed by atoms with Crippen LogP contribution >= 0.6 is 0 Å². The van der Waals surface area contributed by atoms with Gasteiger partial charge in [-0.25, -0.2) is 9.59 Å². The molecule has 6 atom stereocenters. The van der Waals surface area contributed by atoms with Crippen LogP contribution in [-0.2, 0) is 35.7 Å². The molecule has 3 unspecified atom stereocenters. The smallest absolute Gasteiger partial charge is 0.415 e. The van der Waals surface area contributed by atoms with Crippen LogP contribution in [0.5, 0.6) is 11.5 Å². The minimum absolute atomic E-state index is 0.0286. The number of ketones is 1. The molecule has 2 saturated heterocycles. The molecule has 1 aromatic carbocycles. The lowest BCUT2D eigenvalue weighted by atomic mass is 9.53. The van der Waals surface area contributed by atoms with Crippen molar-refractivity contribution in [1.29, 1.82) is 0 Å². The number of aliphatic imine (C=N–C) groups is 1. The highest BCUT2D eigenvalue weighted by Crippen LogP contribution is 2.63. The Labute approximate surface area is 321 Å². The number of hydrogen-bond donors (Lipinski definition) is 4. The third-order valence-electron chi connectivity index (χ3n) is 11.8. The third kappa shape index (κ3) is 8.02. The number of guanidine groups is 1. The van der Waals surface area contributed by atoms with E-state index in [-0.39, 0.29) is 81.3 Å². The first-order valence-electron chi connectivity index (χ1n) is 19.1. The Morgan fingerprint density at radius 2 is 1.91 bits per heavy atom. The van der Waals surface area contributed by atoms with Gasteiger partial charge in [0.25, 0.3) is 0 Å². The average molecular weight is 767 g/mol. The van der Waals surface area contributed by atoms with E-state index in [4.69, 9.17) is 30.4 Å². The molecule has 6 rings (SSSR count). The minimum atomic E-state index is -0.753. The summed E-state index contributed by atoms with van der Waals surface area (Å²) in [6, 6.07) is 3.72. The first kappa shape index (κ1) is 39.6. The van der Waals surface area contributed by atoms with Crippen molar-refractivity contribution in [2.75, 3.05) is 66.6 Å². The van der Waals surface area contributed by atoms with Crippen molar-refractivity contribution in [2.45, 2.75) is 76.0 Å². The molecule has 0 aromatic heterocycles. The van der Waals surface area contributed by atoms with Gasteiger partial charge in [-0.05, 0) is 76.2 Å². The van der Waals surface area contributed by atoms with E-state index in [1.54, 1.807) is 14.0 Å². The molecule has 3 aliphatic heterocycles. The number of Topliss-reactive ketones (excluding diaryl/α,β-unsaturated/α-hetero) is 1. The van der Waals surface area contributed by atoms with Crippen LogP contribution in [0.3, 0.4) is 0 Å². The maximum absolute atomic E-state index is 14.2. The van der Waals surface area contributed by atoms with Gasteiger partial charge in [0, 0.05) is 69.0 Å². The number of piperidine rings is 1. The zero-order chi connectivity index (χ0) is 39.4. The maximum Gasteiger partial charge on any atom is 0.415 e. The van der Waals surface area contributed by atoms with E-state index in [0.717, 1.165) is 25.8 Å². The number of methoxy groups -OCH3 is 1. The van der Waals surface area contributed by atoms with Gasteiger partial charge in [0.05, 0.1) is 26.3 Å². The molecule has 6 N–H and O–H groups in total. The Balaban J connectivity index is 1.20. The normalized spacial score (nSPS) is 25.3. The van der Waals surface area contributed by atoms with Crippen molar-refractivity contribution in [3.63, 3.8) is 0 Å². The van der Waals surface area contributed by atoms with Gasteiger partial charge in [0.15, 0.2) is 29.3 Å². The SMILES string of the molecule is CCOC(=O)N1CCN(C(=O)OC2=CCC3[C@H]4Cc5ccc(OC)c6c5[C@@]3(CCN4C)C2O6)C(CNC(=O)[C@H](CCCN=C(N)N)CC(=O)CNC(C)=O)C1. The van der Waals surface area contributed by atoms with E-state index in [2.05, 4.69) is 33.6 Å². The summed E-state index contributed by atoms with van der Waals surface area (Å²) < 4.78 is 24.1. The lowest BCUT2D eigenvalue weighted by Gasteiger charge is -2.56. The molecular weight excluding hydrogens is 712 g/mol. The van der Waals surface area contributed by atoms with Gasteiger partial charge < -0.3 is 50.8 Å². The summed E-state index contributed by atoms with van der Waals surface area (Å²) in [4.78, 5) is 74.3. The number of ether oxygens (including phenoxy) is 4. The zero-order valence-corrected chi connectivity index (χ0v) is 32.1. The predicted octanol–water partition coefficient (Wildman–Crippen LogP) is 1.02. The van der Waals surface area contributed by atoms with E-state index in [9.17, 15) is 24.0 Å². The van der Waals surface area contributed by atoms with Crippen LogP contribution in [0.4, 0.5) is 9.59 Å². The number of piperazine rings is 1. The van der Waals surface area contributed by atoms with Crippen LogP contribution < -0.4 is 31.6 Å². The Hall–Kier alpha value is -5.06. The number of rotatable bonds is 14. The van der Waals surface area contributed by atoms with Crippen molar-refractivity contribution < 1.29 is 42.9 Å². The van der Waals surface area contributed by atoms with Crippen molar-refractivity contribution in [3.05, 3.63) is 35.1 Å². The number of nitrogens with two attached hydrogens (primary N) is 2. The fraction of sp³-hybridized carbons (Fsp3) is 0.632. The van der Waals surface area contributed by atoms with Crippen LogP contribution in [0.2, 0.25) is 0 Å². The Kier molecular flexibility index (Phi) is 12.1. The zero-order valence-electron chi connectivity index (χ0n) is 32.1. The number of amides is 4. The summed E-state index contributed by atoms with van der Waals surface area (Å²) >= 11 is 0. The second kappa shape index (κ2) is 16.8. The van der Waals surface area contributed by atoms with E-state index in [1.807, 2.05) is 12.1 Å². The second-order valence-electron chi connectivity index (χ2n) is 15.0. The molecule has 55 heavy (non-hydrogen) atoms. The number of nitrogens with zero attached hydrogens (tertiary/aromatic N) is 4. The number of carbonyl (C=O) groups excluding carboxylic acids is 5. The second-order valence-corrected chi connectivity index (χ2v) is 15.0. The minimum Gasteiger partial charge on any atom is -0.493 e. The van der Waals surface area contributed by atoms with Crippen molar-refractivity contribution >= 4 is 35.7 Å². The van der Waals surface area contributed by atoms with Gasteiger partial charge in [-0.2, -0.15) is 0 Å². The van der Waals surface area contributed by atoms with Gasteiger partial charge >= 0.3 is 12.2 Å².